The molecule has 2 aliphatic carbocycles. The summed E-state index contributed by atoms with van der Waals surface area (Å²) in [6.45, 7) is 9.55. The van der Waals surface area contributed by atoms with E-state index in [1.165, 1.54) is 0 Å². The number of hydrogen-bond donors (Lipinski definition) is 2. The normalized spacial score (nSPS) is 48.4. The maximum absolute atomic E-state index is 12.5. The van der Waals surface area contributed by atoms with Gasteiger partial charge in [-0.25, -0.2) is 4.79 Å². The van der Waals surface area contributed by atoms with Gasteiger partial charge in [-0.05, 0) is 30.1 Å². The first kappa shape index (κ1) is 13.8. The molecular weight excluding hydrogens is 260 g/mol. The van der Waals surface area contributed by atoms with Gasteiger partial charge >= 0.3 is 5.97 Å². The number of aliphatic hydroxyl groups excluding tert-OH is 1. The van der Waals surface area contributed by atoms with E-state index in [4.69, 9.17) is 4.74 Å². The second-order valence-corrected chi connectivity index (χ2v) is 7.28. The summed E-state index contributed by atoms with van der Waals surface area (Å²) in [5, 5.41) is 19.4. The summed E-state index contributed by atoms with van der Waals surface area (Å²) < 4.78 is 5.80. The van der Waals surface area contributed by atoms with E-state index < -0.39 is 29.1 Å². The molecule has 0 unspecified atom stereocenters. The SMILES string of the molecule is C=C(C(=O)O)[C@]12O[C@]13CC(C)(C)C[C@@H]3[C@H](C)[C@H](O)C2=O. The quantitative estimate of drug-likeness (QED) is 0.585. The van der Waals surface area contributed by atoms with Gasteiger partial charge in [0.05, 0.1) is 5.57 Å². The van der Waals surface area contributed by atoms with E-state index in [9.17, 15) is 19.8 Å². The molecular formula is C15H20O5. The van der Waals surface area contributed by atoms with Crippen LogP contribution in [0.3, 0.4) is 0 Å². The molecule has 5 nitrogen and oxygen atoms in total. The van der Waals surface area contributed by atoms with Crippen LogP contribution in [0.15, 0.2) is 12.2 Å². The molecule has 0 aromatic heterocycles. The topological polar surface area (TPSA) is 87.1 Å². The number of carboxylic acids is 1. The molecule has 0 radical (unpaired) electrons. The predicted octanol–water partition coefficient (Wildman–Crippen LogP) is 1.15. The maximum Gasteiger partial charge on any atom is 0.334 e. The summed E-state index contributed by atoms with van der Waals surface area (Å²) in [6, 6.07) is 0. The molecule has 110 valence electrons. The van der Waals surface area contributed by atoms with Gasteiger partial charge in [-0.3, -0.25) is 4.79 Å². The van der Waals surface area contributed by atoms with Crippen molar-refractivity contribution in [2.45, 2.75) is 50.9 Å². The number of ether oxygens (including phenoxy) is 1. The zero-order valence-corrected chi connectivity index (χ0v) is 12.0. The number of rotatable bonds is 2. The average Bonchev–Trinajstić information content (AvgIpc) is 2.92. The van der Waals surface area contributed by atoms with Crippen LogP contribution >= 0.6 is 0 Å². The summed E-state index contributed by atoms with van der Waals surface area (Å²) >= 11 is 0. The van der Waals surface area contributed by atoms with Gasteiger partial charge in [-0.2, -0.15) is 0 Å². The molecule has 3 aliphatic rings. The molecule has 5 atom stereocenters. The molecule has 5 heteroatoms. The van der Waals surface area contributed by atoms with Gasteiger partial charge in [0.2, 0.25) is 5.78 Å². The Hall–Kier alpha value is -1.20. The van der Waals surface area contributed by atoms with Crippen molar-refractivity contribution in [1.29, 1.82) is 0 Å². The molecule has 20 heavy (non-hydrogen) atoms. The third-order valence-corrected chi connectivity index (χ3v) is 5.43. The number of carbonyl (C=O) groups excluding carboxylic acids is 1. The van der Waals surface area contributed by atoms with Crippen LogP contribution in [0.25, 0.3) is 0 Å². The van der Waals surface area contributed by atoms with E-state index in [2.05, 4.69) is 20.4 Å². The van der Waals surface area contributed by atoms with Crippen molar-refractivity contribution in [2.24, 2.45) is 17.3 Å². The van der Waals surface area contributed by atoms with E-state index in [0.717, 1.165) is 6.42 Å². The molecule has 3 rings (SSSR count). The highest BCUT2D eigenvalue weighted by Gasteiger charge is 2.85. The van der Waals surface area contributed by atoms with E-state index in [1.807, 2.05) is 6.92 Å². The molecule has 0 aromatic rings. The largest absolute Gasteiger partial charge is 0.478 e. The Labute approximate surface area is 117 Å². The summed E-state index contributed by atoms with van der Waals surface area (Å²) in [5.41, 5.74) is -2.56. The number of aliphatic hydroxyl groups is 1. The minimum Gasteiger partial charge on any atom is -0.478 e. The first-order valence-electron chi connectivity index (χ1n) is 6.94. The summed E-state index contributed by atoms with van der Waals surface area (Å²) in [7, 11) is 0. The van der Waals surface area contributed by atoms with Crippen LogP contribution in [0.1, 0.15) is 33.6 Å². The Morgan fingerprint density at radius 3 is 2.60 bits per heavy atom. The van der Waals surface area contributed by atoms with Crippen LogP contribution in [0.2, 0.25) is 0 Å². The number of aliphatic carboxylic acids is 1. The maximum atomic E-state index is 12.5. The van der Waals surface area contributed by atoms with Gasteiger partial charge in [0.1, 0.15) is 11.7 Å². The molecule has 3 fully saturated rings. The van der Waals surface area contributed by atoms with Gasteiger partial charge in [-0.15, -0.1) is 0 Å². The molecule has 0 amide bonds. The van der Waals surface area contributed by atoms with E-state index in [-0.39, 0.29) is 22.8 Å². The van der Waals surface area contributed by atoms with E-state index in [1.54, 1.807) is 0 Å². The van der Waals surface area contributed by atoms with Crippen molar-refractivity contribution in [3.63, 3.8) is 0 Å². The Balaban J connectivity index is 2.12. The monoisotopic (exact) mass is 280 g/mol. The predicted molar refractivity (Wildman–Crippen MR) is 70.0 cm³/mol. The summed E-state index contributed by atoms with van der Waals surface area (Å²) in [5.74, 6) is -2.01. The number of Topliss-reactive ketones (excluding diaryl/α,β-unsaturated/α-hetero) is 1. The van der Waals surface area contributed by atoms with E-state index >= 15 is 0 Å². The van der Waals surface area contributed by atoms with Crippen LogP contribution in [0, 0.1) is 17.3 Å². The lowest BCUT2D eigenvalue weighted by atomic mass is 9.64. The number of carbonyl (C=O) groups is 2. The second-order valence-electron chi connectivity index (χ2n) is 7.28. The van der Waals surface area contributed by atoms with Crippen LogP contribution < -0.4 is 0 Å². The highest BCUT2D eigenvalue weighted by molar-refractivity contribution is 6.08. The number of carboxylic acid groups (broad SMARTS) is 1. The minimum absolute atomic E-state index is 0.0127. The van der Waals surface area contributed by atoms with Crippen molar-refractivity contribution in [3.8, 4) is 0 Å². The fraction of sp³-hybridized carbons (Fsp3) is 0.733. The van der Waals surface area contributed by atoms with Crippen LogP contribution in [0.4, 0.5) is 0 Å². The Kier molecular flexibility index (Phi) is 2.42. The zero-order valence-electron chi connectivity index (χ0n) is 12.0. The van der Waals surface area contributed by atoms with Gasteiger partial charge in [0.15, 0.2) is 5.60 Å². The Bertz CT molecular complexity index is 536. The van der Waals surface area contributed by atoms with Crippen molar-refractivity contribution in [1.82, 2.24) is 0 Å². The highest BCUT2D eigenvalue weighted by atomic mass is 16.6. The second kappa shape index (κ2) is 3.52. The number of epoxide rings is 1. The molecule has 1 spiro atoms. The lowest BCUT2D eigenvalue weighted by molar-refractivity contribution is -0.141. The lowest BCUT2D eigenvalue weighted by Gasteiger charge is -2.35. The number of ketones is 1. The van der Waals surface area contributed by atoms with Gasteiger partial charge < -0.3 is 14.9 Å². The summed E-state index contributed by atoms with van der Waals surface area (Å²) in [4.78, 5) is 23.8. The molecule has 1 saturated heterocycles. The fourth-order valence-electron chi connectivity index (χ4n) is 4.57. The molecule has 0 aromatic carbocycles. The van der Waals surface area contributed by atoms with Crippen LogP contribution in [-0.4, -0.2) is 39.3 Å². The highest BCUT2D eigenvalue weighted by Crippen LogP contribution is 2.72. The minimum atomic E-state index is -1.51. The smallest absolute Gasteiger partial charge is 0.334 e. The average molecular weight is 280 g/mol. The molecule has 0 bridgehead atoms. The van der Waals surface area contributed by atoms with Crippen molar-refractivity contribution >= 4 is 11.8 Å². The molecule has 2 saturated carbocycles. The first-order chi connectivity index (χ1) is 9.09. The fourth-order valence-corrected chi connectivity index (χ4v) is 4.57. The molecule has 1 aliphatic heterocycles. The third-order valence-electron chi connectivity index (χ3n) is 5.43. The van der Waals surface area contributed by atoms with Gasteiger partial charge in [0.25, 0.3) is 0 Å². The Morgan fingerprint density at radius 2 is 2.05 bits per heavy atom. The molecule has 1 heterocycles. The summed E-state index contributed by atoms with van der Waals surface area (Å²) in [6.07, 6.45) is 0.257. The molecule has 2 N–H and O–H groups in total. The first-order valence-corrected chi connectivity index (χ1v) is 6.94. The zero-order chi connectivity index (χ0) is 15.1. The van der Waals surface area contributed by atoms with Crippen LogP contribution in [-0.2, 0) is 14.3 Å². The lowest BCUT2D eigenvalue weighted by Crippen LogP contribution is -2.54. The van der Waals surface area contributed by atoms with E-state index in [0.29, 0.717) is 6.42 Å². The Morgan fingerprint density at radius 1 is 1.45 bits per heavy atom. The number of hydrogen-bond acceptors (Lipinski definition) is 4. The van der Waals surface area contributed by atoms with Gasteiger partial charge in [0, 0.05) is 0 Å². The standard InChI is InChI=1S/C15H20O5/c1-7-9-5-13(3,4)6-14(9)15(20-14,8(2)12(18)19)11(17)10(7)16/h7,9-10,16H,2,5-6H2,1,3-4H3,(H,18,19)/t7-,9+,10-,14-,15+/m0/s1. The van der Waals surface area contributed by atoms with Crippen molar-refractivity contribution in [2.75, 3.05) is 0 Å². The van der Waals surface area contributed by atoms with Crippen LogP contribution in [0.5, 0.6) is 0 Å². The third kappa shape index (κ3) is 1.30. The van der Waals surface area contributed by atoms with Crippen molar-refractivity contribution in [3.05, 3.63) is 12.2 Å². The van der Waals surface area contributed by atoms with Crippen molar-refractivity contribution < 1.29 is 24.5 Å². The van der Waals surface area contributed by atoms with Gasteiger partial charge in [-0.1, -0.05) is 27.4 Å².